The molecule has 2 nitrogen and oxygen atoms in total. The molecule has 0 saturated carbocycles. The van der Waals surface area contributed by atoms with E-state index in [1.807, 2.05) is 25.3 Å². The molecule has 1 rings (SSSR count). The highest BCUT2D eigenvalue weighted by atomic mass is 79.9. The van der Waals surface area contributed by atoms with Gasteiger partial charge in [-0.15, -0.1) is 22.9 Å². The van der Waals surface area contributed by atoms with Crippen LogP contribution in [0.1, 0.15) is 18.7 Å². The van der Waals surface area contributed by atoms with Crippen LogP contribution in [0.4, 0.5) is 0 Å². The van der Waals surface area contributed by atoms with Gasteiger partial charge in [0.25, 0.3) is 0 Å². The van der Waals surface area contributed by atoms with Crippen LogP contribution >= 0.6 is 38.9 Å². The van der Waals surface area contributed by atoms with Crippen LogP contribution in [0.2, 0.25) is 0 Å². The van der Waals surface area contributed by atoms with Crippen LogP contribution in [0.25, 0.3) is 0 Å². The van der Waals surface area contributed by atoms with Gasteiger partial charge in [0, 0.05) is 15.2 Å². The number of thiophene rings is 1. The molecule has 0 aliphatic heterocycles. The van der Waals surface area contributed by atoms with Gasteiger partial charge in [0.15, 0.2) is 0 Å². The second kappa shape index (κ2) is 5.32. The first kappa shape index (κ1) is 13.0. The lowest BCUT2D eigenvalue weighted by Gasteiger charge is -2.20. The Balaban J connectivity index is 2.52. The molecule has 0 bridgehead atoms. The molecule has 1 N–H and O–H groups in total. The number of nitrogens with one attached hydrogen (secondary N) is 1. The molecule has 0 spiro atoms. The van der Waals surface area contributed by atoms with Gasteiger partial charge in [-0.25, -0.2) is 0 Å². The molecule has 0 aliphatic carbocycles. The summed E-state index contributed by atoms with van der Waals surface area (Å²) >= 11 is 10.7. The zero-order chi connectivity index (χ0) is 11.5. The van der Waals surface area contributed by atoms with Crippen molar-refractivity contribution in [1.82, 2.24) is 5.32 Å². The number of alkyl halides is 1. The van der Waals surface area contributed by atoms with Crippen molar-refractivity contribution < 1.29 is 4.79 Å². The molecular formula is C10H13BrClNOS. The number of rotatable bonds is 4. The van der Waals surface area contributed by atoms with E-state index < -0.39 is 5.41 Å². The molecule has 0 aliphatic rings. The van der Waals surface area contributed by atoms with Crippen molar-refractivity contribution in [3.05, 3.63) is 20.8 Å². The summed E-state index contributed by atoms with van der Waals surface area (Å²) in [6.07, 6.45) is 0. The SMILES string of the molecule is CC(C)(CCl)C(=O)NCc1sccc1Br. The van der Waals surface area contributed by atoms with Gasteiger partial charge in [0.2, 0.25) is 5.91 Å². The first-order chi connectivity index (χ1) is 6.97. The molecule has 15 heavy (non-hydrogen) atoms. The highest BCUT2D eigenvalue weighted by Gasteiger charge is 2.26. The third-order valence-electron chi connectivity index (χ3n) is 2.05. The van der Waals surface area contributed by atoms with Crippen LogP contribution in [0.3, 0.4) is 0 Å². The van der Waals surface area contributed by atoms with E-state index in [1.54, 1.807) is 11.3 Å². The monoisotopic (exact) mass is 309 g/mol. The maximum absolute atomic E-state index is 11.7. The van der Waals surface area contributed by atoms with Gasteiger partial charge >= 0.3 is 0 Å². The van der Waals surface area contributed by atoms with E-state index in [4.69, 9.17) is 11.6 Å². The largest absolute Gasteiger partial charge is 0.351 e. The second-order valence-electron chi connectivity index (χ2n) is 3.89. The summed E-state index contributed by atoms with van der Waals surface area (Å²) in [5.41, 5.74) is -0.509. The summed E-state index contributed by atoms with van der Waals surface area (Å²) in [5, 5.41) is 4.86. The average molecular weight is 311 g/mol. The molecule has 0 unspecified atom stereocenters. The molecule has 0 radical (unpaired) electrons. The standard InChI is InChI=1S/C10H13BrClNOS/c1-10(2,6-12)9(14)13-5-8-7(11)3-4-15-8/h3-4H,5-6H2,1-2H3,(H,13,14). The van der Waals surface area contributed by atoms with Gasteiger partial charge in [-0.2, -0.15) is 0 Å². The molecule has 0 fully saturated rings. The maximum atomic E-state index is 11.7. The Morgan fingerprint density at radius 2 is 2.33 bits per heavy atom. The van der Waals surface area contributed by atoms with E-state index in [1.165, 1.54) is 0 Å². The lowest BCUT2D eigenvalue weighted by atomic mass is 9.95. The molecule has 0 saturated heterocycles. The van der Waals surface area contributed by atoms with Gasteiger partial charge in [-0.1, -0.05) is 0 Å². The summed E-state index contributed by atoms with van der Waals surface area (Å²) in [6.45, 7) is 4.22. The topological polar surface area (TPSA) is 29.1 Å². The molecule has 0 atom stereocenters. The molecule has 1 amide bonds. The molecule has 1 aromatic heterocycles. The van der Waals surface area contributed by atoms with Crippen molar-refractivity contribution >= 4 is 44.8 Å². The summed E-state index contributed by atoms with van der Waals surface area (Å²) in [5.74, 6) is 0.308. The fourth-order valence-electron chi connectivity index (χ4n) is 0.912. The number of hydrogen-bond donors (Lipinski definition) is 1. The number of carbonyl (C=O) groups is 1. The molecule has 84 valence electrons. The quantitative estimate of drug-likeness (QED) is 0.849. The maximum Gasteiger partial charge on any atom is 0.227 e. The van der Waals surface area contributed by atoms with Gasteiger partial charge in [0.05, 0.1) is 12.0 Å². The Hall–Kier alpha value is -0.0600. The van der Waals surface area contributed by atoms with Gasteiger partial charge < -0.3 is 5.32 Å². The lowest BCUT2D eigenvalue weighted by molar-refractivity contribution is -0.128. The smallest absolute Gasteiger partial charge is 0.227 e. The summed E-state index contributed by atoms with van der Waals surface area (Å²) in [4.78, 5) is 12.8. The number of halogens is 2. The zero-order valence-corrected chi connectivity index (χ0v) is 11.8. The van der Waals surface area contributed by atoms with Crippen LogP contribution in [-0.2, 0) is 11.3 Å². The van der Waals surface area contributed by atoms with E-state index in [-0.39, 0.29) is 5.91 Å². The number of carbonyl (C=O) groups excluding carboxylic acids is 1. The third-order valence-corrected chi connectivity index (χ3v) is 4.64. The minimum atomic E-state index is -0.509. The highest BCUT2D eigenvalue weighted by Crippen LogP contribution is 2.23. The summed E-state index contributed by atoms with van der Waals surface area (Å²) in [6, 6.07) is 1.97. The van der Waals surface area contributed by atoms with E-state index >= 15 is 0 Å². The fourth-order valence-corrected chi connectivity index (χ4v) is 2.47. The van der Waals surface area contributed by atoms with Crippen LogP contribution in [-0.4, -0.2) is 11.8 Å². The lowest BCUT2D eigenvalue weighted by Crippen LogP contribution is -2.37. The summed E-state index contributed by atoms with van der Waals surface area (Å²) < 4.78 is 1.04. The normalized spacial score (nSPS) is 11.5. The predicted octanol–water partition coefficient (Wildman–Crippen LogP) is 3.39. The van der Waals surface area contributed by atoms with Crippen LogP contribution in [0, 0.1) is 5.41 Å². The van der Waals surface area contributed by atoms with Gasteiger partial charge in [-0.3, -0.25) is 4.79 Å². The van der Waals surface area contributed by atoms with E-state index in [0.717, 1.165) is 9.35 Å². The van der Waals surface area contributed by atoms with Crippen LogP contribution < -0.4 is 5.32 Å². The number of amides is 1. The molecular weight excluding hydrogens is 298 g/mol. The first-order valence-electron chi connectivity index (χ1n) is 4.53. The van der Waals surface area contributed by atoms with Gasteiger partial charge in [-0.05, 0) is 41.2 Å². The average Bonchev–Trinajstić information content (AvgIpc) is 2.60. The Morgan fingerprint density at radius 1 is 1.67 bits per heavy atom. The number of hydrogen-bond acceptors (Lipinski definition) is 2. The Bertz CT molecular complexity index is 351. The third kappa shape index (κ3) is 3.47. The van der Waals surface area contributed by atoms with Crippen molar-refractivity contribution in [2.75, 3.05) is 5.88 Å². The second-order valence-corrected chi connectivity index (χ2v) is 6.01. The van der Waals surface area contributed by atoms with Crippen molar-refractivity contribution in [3.8, 4) is 0 Å². The van der Waals surface area contributed by atoms with Crippen molar-refractivity contribution in [1.29, 1.82) is 0 Å². The Kier molecular flexibility index (Phi) is 4.62. The highest BCUT2D eigenvalue weighted by molar-refractivity contribution is 9.10. The van der Waals surface area contributed by atoms with Gasteiger partial charge in [0.1, 0.15) is 0 Å². The first-order valence-corrected chi connectivity index (χ1v) is 6.74. The molecule has 1 heterocycles. The molecule has 1 aromatic rings. The minimum Gasteiger partial charge on any atom is -0.351 e. The van der Waals surface area contributed by atoms with E-state index in [0.29, 0.717) is 12.4 Å². The minimum absolute atomic E-state index is 0.0159. The van der Waals surface area contributed by atoms with Crippen LogP contribution in [0.5, 0.6) is 0 Å². The Morgan fingerprint density at radius 3 is 2.80 bits per heavy atom. The van der Waals surface area contributed by atoms with Crippen molar-refractivity contribution in [2.45, 2.75) is 20.4 Å². The van der Waals surface area contributed by atoms with Crippen molar-refractivity contribution in [2.24, 2.45) is 5.41 Å². The van der Waals surface area contributed by atoms with E-state index in [2.05, 4.69) is 21.2 Å². The zero-order valence-electron chi connectivity index (χ0n) is 8.64. The van der Waals surface area contributed by atoms with Crippen molar-refractivity contribution in [3.63, 3.8) is 0 Å². The molecule has 0 aromatic carbocycles. The molecule has 5 heteroatoms. The Labute approximate surface area is 107 Å². The predicted molar refractivity (Wildman–Crippen MR) is 68.4 cm³/mol. The van der Waals surface area contributed by atoms with Crippen LogP contribution in [0.15, 0.2) is 15.9 Å². The fraction of sp³-hybridized carbons (Fsp3) is 0.500. The summed E-state index contributed by atoms with van der Waals surface area (Å²) in [7, 11) is 0. The van der Waals surface area contributed by atoms with E-state index in [9.17, 15) is 4.79 Å².